The van der Waals surface area contributed by atoms with Gasteiger partial charge in [0.25, 0.3) is 0 Å². The van der Waals surface area contributed by atoms with Crippen molar-refractivity contribution in [2.45, 2.75) is 11.8 Å². The van der Waals surface area contributed by atoms with E-state index in [9.17, 15) is 4.79 Å². The van der Waals surface area contributed by atoms with E-state index in [4.69, 9.17) is 0 Å². The zero-order chi connectivity index (χ0) is 13.2. The summed E-state index contributed by atoms with van der Waals surface area (Å²) in [6, 6.07) is 15.7. The second-order valence-electron chi connectivity index (χ2n) is 4.40. The molecule has 94 valence electrons. The van der Waals surface area contributed by atoms with Crippen LogP contribution in [0.25, 0.3) is 0 Å². The van der Waals surface area contributed by atoms with Crippen LogP contribution in [-0.2, 0) is 0 Å². The van der Waals surface area contributed by atoms with Crippen molar-refractivity contribution in [1.29, 1.82) is 0 Å². The fraction of sp³-hybridized carbons (Fsp3) is 0.0625. The van der Waals surface area contributed by atoms with Gasteiger partial charge in [-0.25, -0.2) is 0 Å². The zero-order valence-electron chi connectivity index (χ0n) is 10.5. The van der Waals surface area contributed by atoms with Crippen LogP contribution in [0.2, 0.25) is 0 Å². The van der Waals surface area contributed by atoms with E-state index < -0.39 is 0 Å². The van der Waals surface area contributed by atoms with Gasteiger partial charge in [-0.05, 0) is 30.7 Å². The van der Waals surface area contributed by atoms with Crippen molar-refractivity contribution < 1.29 is 4.79 Å². The molecule has 1 N–H and O–H groups in total. The minimum atomic E-state index is 0.0988. The van der Waals surface area contributed by atoms with Crippen LogP contribution in [0.5, 0.6) is 0 Å². The molecule has 0 unspecified atom stereocenters. The molecule has 0 bridgehead atoms. The van der Waals surface area contributed by atoms with E-state index in [2.05, 4.69) is 5.32 Å². The van der Waals surface area contributed by atoms with Gasteiger partial charge in [-0.15, -0.1) is 0 Å². The fourth-order valence-electron chi connectivity index (χ4n) is 2.01. The Morgan fingerprint density at radius 2 is 1.79 bits per heavy atom. The van der Waals surface area contributed by atoms with Crippen LogP contribution in [-0.4, -0.2) is 5.78 Å². The topological polar surface area (TPSA) is 29.1 Å². The lowest BCUT2D eigenvalue weighted by molar-refractivity contribution is 0.104. The zero-order valence-corrected chi connectivity index (χ0v) is 11.3. The first-order valence-corrected chi connectivity index (χ1v) is 6.91. The Kier molecular flexibility index (Phi) is 3.13. The van der Waals surface area contributed by atoms with Crippen molar-refractivity contribution in [2.75, 3.05) is 5.32 Å². The van der Waals surface area contributed by atoms with Crippen molar-refractivity contribution in [3.63, 3.8) is 0 Å². The van der Waals surface area contributed by atoms with Crippen LogP contribution in [0.1, 0.15) is 15.9 Å². The van der Waals surface area contributed by atoms with Crippen molar-refractivity contribution in [2.24, 2.45) is 0 Å². The van der Waals surface area contributed by atoms with Crippen LogP contribution >= 0.6 is 11.8 Å². The number of carbonyl (C=O) groups excluding carboxylic acids is 1. The number of hydrogen-bond donors (Lipinski definition) is 1. The third-order valence-corrected chi connectivity index (χ3v) is 4.18. The van der Waals surface area contributed by atoms with Crippen LogP contribution in [0, 0.1) is 6.92 Å². The number of ketones is 1. The molecular formula is C16H13NOS. The first-order chi connectivity index (χ1) is 9.25. The molecule has 0 aromatic heterocycles. The standard InChI is InChI=1S/C16H13NOS/c1-11-6-2-4-8-13(11)17-10-15-16(18)12-7-3-5-9-14(12)19-15/h2-10,17H,1H3. The summed E-state index contributed by atoms with van der Waals surface area (Å²) < 4.78 is 0. The highest BCUT2D eigenvalue weighted by molar-refractivity contribution is 8.04. The molecule has 2 aromatic rings. The Morgan fingerprint density at radius 3 is 2.58 bits per heavy atom. The number of carbonyl (C=O) groups is 1. The molecule has 0 saturated heterocycles. The van der Waals surface area contributed by atoms with Crippen molar-refractivity contribution in [1.82, 2.24) is 0 Å². The van der Waals surface area contributed by atoms with Gasteiger partial charge in [-0.2, -0.15) is 0 Å². The first-order valence-electron chi connectivity index (χ1n) is 6.09. The number of anilines is 1. The third-order valence-electron chi connectivity index (χ3n) is 3.08. The van der Waals surface area contributed by atoms with Gasteiger partial charge in [0.2, 0.25) is 5.78 Å². The SMILES string of the molecule is Cc1ccccc1NC=C1Sc2ccccc2C1=O. The van der Waals surface area contributed by atoms with Gasteiger partial charge in [0.1, 0.15) is 0 Å². The fourth-order valence-corrected chi connectivity index (χ4v) is 2.99. The smallest absolute Gasteiger partial charge is 0.202 e. The number of fused-ring (bicyclic) bond motifs is 1. The van der Waals surface area contributed by atoms with E-state index >= 15 is 0 Å². The van der Waals surface area contributed by atoms with Gasteiger partial charge in [-0.3, -0.25) is 4.79 Å². The Labute approximate surface area is 116 Å². The molecule has 0 aliphatic carbocycles. The molecule has 2 nitrogen and oxygen atoms in total. The van der Waals surface area contributed by atoms with Gasteiger partial charge in [0, 0.05) is 22.3 Å². The Bertz CT molecular complexity index is 676. The summed E-state index contributed by atoms with van der Waals surface area (Å²) >= 11 is 1.52. The Balaban J connectivity index is 1.84. The average Bonchev–Trinajstić information content (AvgIpc) is 2.75. The monoisotopic (exact) mass is 267 g/mol. The Hall–Kier alpha value is -2.00. The van der Waals surface area contributed by atoms with Crippen LogP contribution < -0.4 is 5.32 Å². The minimum absolute atomic E-state index is 0.0988. The summed E-state index contributed by atoms with van der Waals surface area (Å²) in [5.74, 6) is 0.0988. The summed E-state index contributed by atoms with van der Waals surface area (Å²) in [5.41, 5.74) is 2.98. The predicted molar refractivity (Wildman–Crippen MR) is 79.5 cm³/mol. The van der Waals surface area contributed by atoms with Gasteiger partial charge < -0.3 is 5.32 Å². The van der Waals surface area contributed by atoms with Gasteiger partial charge in [-0.1, -0.05) is 42.1 Å². The molecule has 0 saturated carbocycles. The molecule has 1 aliphatic rings. The molecule has 3 rings (SSSR count). The van der Waals surface area contributed by atoms with E-state index in [0.29, 0.717) is 0 Å². The number of nitrogens with one attached hydrogen (secondary N) is 1. The summed E-state index contributed by atoms with van der Waals surface area (Å²) in [4.78, 5) is 13.9. The number of Topliss-reactive ketones (excluding diaryl/α,β-unsaturated/α-hetero) is 1. The maximum atomic E-state index is 12.2. The number of aryl methyl sites for hydroxylation is 1. The maximum absolute atomic E-state index is 12.2. The molecule has 1 aliphatic heterocycles. The quantitative estimate of drug-likeness (QED) is 0.825. The molecule has 1 heterocycles. The number of para-hydroxylation sites is 1. The van der Waals surface area contributed by atoms with Gasteiger partial charge in [0.05, 0.1) is 4.91 Å². The second kappa shape index (κ2) is 4.94. The number of thioether (sulfide) groups is 1. The van der Waals surface area contributed by atoms with Crippen molar-refractivity contribution in [3.05, 3.63) is 70.8 Å². The number of hydrogen-bond acceptors (Lipinski definition) is 3. The highest BCUT2D eigenvalue weighted by Crippen LogP contribution is 2.39. The van der Waals surface area contributed by atoms with E-state index in [1.54, 1.807) is 6.20 Å². The average molecular weight is 267 g/mol. The van der Waals surface area contributed by atoms with E-state index in [1.165, 1.54) is 11.8 Å². The molecule has 0 atom stereocenters. The van der Waals surface area contributed by atoms with Crippen LogP contribution in [0.3, 0.4) is 0 Å². The van der Waals surface area contributed by atoms with E-state index in [1.807, 2.05) is 55.5 Å². The normalized spacial score (nSPS) is 15.6. The number of benzene rings is 2. The minimum Gasteiger partial charge on any atom is -0.360 e. The molecule has 2 aromatic carbocycles. The summed E-state index contributed by atoms with van der Waals surface area (Å²) in [6.45, 7) is 2.04. The molecule has 0 amide bonds. The number of allylic oxidation sites excluding steroid dienone is 1. The lowest BCUT2D eigenvalue weighted by atomic mass is 10.1. The summed E-state index contributed by atoms with van der Waals surface area (Å²) in [7, 11) is 0. The molecule has 0 spiro atoms. The molecular weight excluding hydrogens is 254 g/mol. The molecule has 0 radical (unpaired) electrons. The molecule has 0 fully saturated rings. The molecule has 19 heavy (non-hydrogen) atoms. The predicted octanol–water partition coefficient (Wildman–Crippen LogP) is 4.24. The number of rotatable bonds is 2. The first kappa shape index (κ1) is 12.1. The lowest BCUT2D eigenvalue weighted by Crippen LogP contribution is -1.98. The van der Waals surface area contributed by atoms with Gasteiger partial charge >= 0.3 is 0 Å². The Morgan fingerprint density at radius 1 is 1.05 bits per heavy atom. The summed E-state index contributed by atoms with van der Waals surface area (Å²) in [5, 5.41) is 3.22. The van der Waals surface area contributed by atoms with Crippen molar-refractivity contribution in [3.8, 4) is 0 Å². The highest BCUT2D eigenvalue weighted by Gasteiger charge is 2.25. The lowest BCUT2D eigenvalue weighted by Gasteiger charge is -2.05. The largest absolute Gasteiger partial charge is 0.360 e. The van der Waals surface area contributed by atoms with Crippen LogP contribution in [0.15, 0.2) is 64.5 Å². The van der Waals surface area contributed by atoms with E-state index in [-0.39, 0.29) is 5.78 Å². The summed E-state index contributed by atoms with van der Waals surface area (Å²) in [6.07, 6.45) is 1.80. The maximum Gasteiger partial charge on any atom is 0.202 e. The second-order valence-corrected chi connectivity index (χ2v) is 5.48. The third kappa shape index (κ3) is 2.29. The van der Waals surface area contributed by atoms with Gasteiger partial charge in [0.15, 0.2) is 0 Å². The van der Waals surface area contributed by atoms with Crippen LogP contribution in [0.4, 0.5) is 5.69 Å². The highest BCUT2D eigenvalue weighted by atomic mass is 32.2. The van der Waals surface area contributed by atoms with E-state index in [0.717, 1.165) is 26.6 Å². The molecule has 3 heteroatoms. The van der Waals surface area contributed by atoms with Crippen molar-refractivity contribution >= 4 is 23.2 Å².